The average molecular weight is 497 g/mol. The number of benzene rings is 1. The molecule has 0 unspecified atom stereocenters. The van der Waals surface area contributed by atoms with Crippen LogP contribution < -0.4 is 11.1 Å². The van der Waals surface area contributed by atoms with Crippen molar-refractivity contribution >= 4 is 33.2 Å². The fraction of sp³-hybridized carbons (Fsp3) is 0.182. The lowest BCUT2D eigenvalue weighted by molar-refractivity contribution is 0.0993. The van der Waals surface area contributed by atoms with Crippen LogP contribution in [0.15, 0.2) is 58.3 Å². The lowest BCUT2D eigenvalue weighted by atomic mass is 10.2. The first-order valence-electron chi connectivity index (χ1n) is 10.6. The first kappa shape index (κ1) is 22.6. The van der Waals surface area contributed by atoms with Crippen molar-refractivity contribution in [3.63, 3.8) is 0 Å². The third-order valence-corrected chi connectivity index (χ3v) is 7.55. The number of imidazole rings is 1. The average Bonchev–Trinajstić information content (AvgIpc) is 3.61. The molecular formula is C22H20N6O6S. The van der Waals surface area contributed by atoms with Gasteiger partial charge in [-0.3, -0.25) is 14.0 Å². The highest BCUT2D eigenvalue weighted by molar-refractivity contribution is 7.89. The zero-order valence-corrected chi connectivity index (χ0v) is 19.0. The Balaban J connectivity index is 1.54. The van der Waals surface area contributed by atoms with E-state index in [9.17, 15) is 23.1 Å². The van der Waals surface area contributed by atoms with Gasteiger partial charge in [0.2, 0.25) is 10.0 Å². The number of nitrogens with one attached hydrogen (secondary N) is 1. The predicted molar refractivity (Wildman–Crippen MR) is 123 cm³/mol. The van der Waals surface area contributed by atoms with Gasteiger partial charge < -0.3 is 20.6 Å². The van der Waals surface area contributed by atoms with Crippen molar-refractivity contribution in [1.82, 2.24) is 18.7 Å². The van der Waals surface area contributed by atoms with Gasteiger partial charge in [-0.05, 0) is 49.2 Å². The van der Waals surface area contributed by atoms with Crippen molar-refractivity contribution in [2.45, 2.75) is 17.7 Å². The van der Waals surface area contributed by atoms with Crippen LogP contribution in [0.5, 0.6) is 5.75 Å². The minimum absolute atomic E-state index is 0.0335. The van der Waals surface area contributed by atoms with Gasteiger partial charge in [-0.1, -0.05) is 0 Å². The van der Waals surface area contributed by atoms with Gasteiger partial charge >= 0.3 is 0 Å². The standard InChI is InChI=1S/C22H20N6O6S/c23-20(30)19-21-25-15(11-16(28(21)12-24-19)18-4-3-9-34-18)22(31)26-14-10-13(5-6-17(14)29)35(32,33)27-7-1-2-8-27/h3-6,9-12,29H,1-2,7-8H2,(H2,23,30)(H,26,31). The molecular weight excluding hydrogens is 476 g/mol. The molecule has 1 aliphatic heterocycles. The molecule has 0 spiro atoms. The number of carbonyl (C=O) groups excluding carboxylic acids is 2. The molecule has 0 radical (unpaired) electrons. The number of hydrogen-bond acceptors (Lipinski definition) is 8. The van der Waals surface area contributed by atoms with E-state index in [1.54, 1.807) is 12.1 Å². The van der Waals surface area contributed by atoms with Crippen LogP contribution in [0.2, 0.25) is 0 Å². The number of anilines is 1. The molecule has 4 heterocycles. The Morgan fingerprint density at radius 3 is 2.60 bits per heavy atom. The Hall–Kier alpha value is -4.23. The number of furan rings is 1. The van der Waals surface area contributed by atoms with Gasteiger partial charge in [0.1, 0.15) is 17.8 Å². The van der Waals surface area contributed by atoms with E-state index in [-0.39, 0.29) is 33.4 Å². The molecule has 4 aromatic rings. The van der Waals surface area contributed by atoms with Gasteiger partial charge in [0, 0.05) is 13.1 Å². The van der Waals surface area contributed by atoms with Gasteiger partial charge in [0.15, 0.2) is 17.1 Å². The van der Waals surface area contributed by atoms with Crippen molar-refractivity contribution in [3.8, 4) is 17.2 Å². The van der Waals surface area contributed by atoms with Crippen LogP contribution in [0.25, 0.3) is 17.1 Å². The number of fused-ring (bicyclic) bond motifs is 1. The van der Waals surface area contributed by atoms with Crippen molar-refractivity contribution in [3.05, 3.63) is 60.4 Å². The monoisotopic (exact) mass is 496 g/mol. The SMILES string of the molecule is NC(=O)c1ncn2c(-c3ccco3)cc(C(=O)Nc3cc(S(=O)(=O)N4CCCC4)ccc3O)nc12. The maximum absolute atomic E-state index is 13.1. The van der Waals surface area contributed by atoms with Crippen LogP contribution >= 0.6 is 0 Å². The fourth-order valence-corrected chi connectivity index (χ4v) is 5.46. The van der Waals surface area contributed by atoms with Crippen LogP contribution in [0.3, 0.4) is 0 Å². The van der Waals surface area contributed by atoms with Gasteiger partial charge in [0.25, 0.3) is 11.8 Å². The second-order valence-electron chi connectivity index (χ2n) is 7.90. The third kappa shape index (κ3) is 4.00. The van der Waals surface area contributed by atoms with Crippen molar-refractivity contribution in [2.75, 3.05) is 18.4 Å². The number of nitrogens with zero attached hydrogens (tertiary/aromatic N) is 4. The Labute approximate surface area is 199 Å². The smallest absolute Gasteiger partial charge is 0.274 e. The quantitative estimate of drug-likeness (QED) is 0.339. The number of aromatic nitrogens is 3. The summed E-state index contributed by atoms with van der Waals surface area (Å²) in [5, 5.41) is 12.8. The van der Waals surface area contributed by atoms with E-state index < -0.39 is 21.8 Å². The fourth-order valence-electron chi connectivity index (χ4n) is 3.91. The Morgan fingerprint density at radius 2 is 1.91 bits per heavy atom. The first-order valence-corrected chi connectivity index (χ1v) is 12.1. The molecule has 0 atom stereocenters. The summed E-state index contributed by atoms with van der Waals surface area (Å²) in [5.41, 5.74) is 5.41. The number of hydrogen-bond donors (Lipinski definition) is 3. The lowest BCUT2D eigenvalue weighted by Gasteiger charge is -2.16. The molecule has 1 fully saturated rings. The van der Waals surface area contributed by atoms with E-state index in [0.29, 0.717) is 24.5 Å². The van der Waals surface area contributed by atoms with E-state index in [1.165, 1.54) is 45.6 Å². The summed E-state index contributed by atoms with van der Waals surface area (Å²) in [7, 11) is -3.77. The minimum atomic E-state index is -3.77. The van der Waals surface area contributed by atoms with Gasteiger partial charge in [0.05, 0.1) is 22.5 Å². The van der Waals surface area contributed by atoms with Crippen molar-refractivity contribution < 1.29 is 27.5 Å². The number of amides is 2. The summed E-state index contributed by atoms with van der Waals surface area (Å²) in [6.07, 6.45) is 4.32. The summed E-state index contributed by atoms with van der Waals surface area (Å²) in [5.74, 6) is -1.54. The summed E-state index contributed by atoms with van der Waals surface area (Å²) in [6.45, 7) is 0.829. The molecule has 12 nitrogen and oxygen atoms in total. The highest BCUT2D eigenvalue weighted by atomic mass is 32.2. The zero-order valence-electron chi connectivity index (χ0n) is 18.2. The molecule has 2 amide bonds. The highest BCUT2D eigenvalue weighted by Crippen LogP contribution is 2.30. The summed E-state index contributed by atoms with van der Waals surface area (Å²) >= 11 is 0. The van der Waals surface area contributed by atoms with Crippen LogP contribution in [-0.4, -0.2) is 57.1 Å². The number of sulfonamides is 1. The largest absolute Gasteiger partial charge is 0.506 e. The number of phenols is 1. The minimum Gasteiger partial charge on any atom is -0.506 e. The van der Waals surface area contributed by atoms with E-state index in [2.05, 4.69) is 15.3 Å². The molecule has 1 aliphatic rings. The first-order chi connectivity index (χ1) is 16.8. The Kier molecular flexibility index (Phi) is 5.49. The van der Waals surface area contributed by atoms with E-state index in [1.807, 2.05) is 0 Å². The van der Waals surface area contributed by atoms with E-state index >= 15 is 0 Å². The van der Waals surface area contributed by atoms with Gasteiger partial charge in [-0.15, -0.1) is 0 Å². The molecule has 0 aliphatic carbocycles. The maximum Gasteiger partial charge on any atom is 0.274 e. The lowest BCUT2D eigenvalue weighted by Crippen LogP contribution is -2.28. The predicted octanol–water partition coefficient (Wildman–Crippen LogP) is 1.83. The Morgan fingerprint density at radius 1 is 1.14 bits per heavy atom. The summed E-state index contributed by atoms with van der Waals surface area (Å²) in [6, 6.07) is 8.39. The number of nitrogens with two attached hydrogens (primary N) is 1. The Bertz CT molecular complexity index is 1550. The molecule has 4 N–H and O–H groups in total. The van der Waals surface area contributed by atoms with Crippen LogP contribution in [0.4, 0.5) is 5.69 Å². The number of aromatic hydroxyl groups is 1. The molecule has 3 aromatic heterocycles. The molecule has 180 valence electrons. The van der Waals surface area contributed by atoms with E-state index in [4.69, 9.17) is 10.2 Å². The summed E-state index contributed by atoms with van der Waals surface area (Å²) in [4.78, 5) is 33.1. The van der Waals surface area contributed by atoms with Crippen LogP contribution in [0.1, 0.15) is 33.8 Å². The molecule has 5 rings (SSSR count). The number of carbonyl (C=O) groups is 2. The molecule has 0 bridgehead atoms. The van der Waals surface area contributed by atoms with Crippen LogP contribution in [0, 0.1) is 0 Å². The third-order valence-electron chi connectivity index (χ3n) is 5.66. The van der Waals surface area contributed by atoms with Crippen molar-refractivity contribution in [2.24, 2.45) is 5.73 Å². The number of phenolic OH excluding ortho intramolecular Hbond substituents is 1. The zero-order chi connectivity index (χ0) is 24.7. The molecule has 1 saturated heterocycles. The molecule has 0 saturated carbocycles. The second-order valence-corrected chi connectivity index (χ2v) is 9.84. The topological polar surface area (TPSA) is 173 Å². The van der Waals surface area contributed by atoms with Crippen LogP contribution in [-0.2, 0) is 10.0 Å². The molecule has 13 heteroatoms. The van der Waals surface area contributed by atoms with E-state index in [0.717, 1.165) is 12.8 Å². The number of primary amides is 1. The molecule has 1 aromatic carbocycles. The summed E-state index contributed by atoms with van der Waals surface area (Å²) < 4.78 is 34.1. The maximum atomic E-state index is 13.1. The highest BCUT2D eigenvalue weighted by Gasteiger charge is 2.28. The normalized spacial score (nSPS) is 14.4. The van der Waals surface area contributed by atoms with Gasteiger partial charge in [-0.2, -0.15) is 4.31 Å². The van der Waals surface area contributed by atoms with Crippen molar-refractivity contribution in [1.29, 1.82) is 0 Å². The van der Waals surface area contributed by atoms with Gasteiger partial charge in [-0.25, -0.2) is 18.4 Å². The molecule has 35 heavy (non-hydrogen) atoms. The number of rotatable bonds is 6. The second kappa shape index (κ2) is 8.52.